The van der Waals surface area contributed by atoms with Crippen molar-refractivity contribution in [3.05, 3.63) is 40.1 Å². The Morgan fingerprint density at radius 1 is 1.43 bits per heavy atom. The Labute approximate surface area is 125 Å². The zero-order valence-electron chi connectivity index (χ0n) is 11.8. The Morgan fingerprint density at radius 3 is 3.05 bits per heavy atom. The molecule has 108 valence electrons. The second-order valence-corrected chi connectivity index (χ2v) is 5.57. The van der Waals surface area contributed by atoms with E-state index in [0.29, 0.717) is 18.6 Å². The molecule has 0 spiro atoms. The summed E-state index contributed by atoms with van der Waals surface area (Å²) in [6.07, 6.45) is 2.54. The minimum Gasteiger partial charge on any atom is -0.325 e. The topological polar surface area (TPSA) is 72.2 Å². The zero-order valence-corrected chi connectivity index (χ0v) is 12.6. The quantitative estimate of drug-likeness (QED) is 0.803. The van der Waals surface area contributed by atoms with Gasteiger partial charge in [0.25, 0.3) is 5.78 Å². The molecule has 3 heterocycles. The van der Waals surface area contributed by atoms with Crippen molar-refractivity contribution in [1.29, 1.82) is 0 Å². The van der Waals surface area contributed by atoms with Crippen molar-refractivity contribution in [2.24, 2.45) is 0 Å². The molecular formula is C14H15N5OS. The van der Waals surface area contributed by atoms with Gasteiger partial charge in [0.2, 0.25) is 5.91 Å². The second kappa shape index (κ2) is 5.61. The number of amides is 1. The molecule has 1 amide bonds. The SMILES string of the molecule is Cc1nc2ncnn2c(C)c1CCC(=O)Nc1ccsc1. The molecule has 0 aromatic carbocycles. The molecule has 0 fully saturated rings. The van der Waals surface area contributed by atoms with Crippen LogP contribution in [0.1, 0.15) is 23.4 Å². The van der Waals surface area contributed by atoms with Gasteiger partial charge >= 0.3 is 0 Å². The Kier molecular flexibility index (Phi) is 3.66. The van der Waals surface area contributed by atoms with Crippen molar-refractivity contribution in [2.75, 3.05) is 5.32 Å². The van der Waals surface area contributed by atoms with E-state index in [1.807, 2.05) is 30.7 Å². The van der Waals surface area contributed by atoms with Crippen LogP contribution in [0.3, 0.4) is 0 Å². The van der Waals surface area contributed by atoms with Crippen molar-refractivity contribution in [1.82, 2.24) is 19.6 Å². The third kappa shape index (κ3) is 2.78. The lowest BCUT2D eigenvalue weighted by Crippen LogP contribution is -2.14. The molecule has 3 aromatic heterocycles. The molecule has 0 unspecified atom stereocenters. The highest BCUT2D eigenvalue weighted by molar-refractivity contribution is 7.08. The average Bonchev–Trinajstić information content (AvgIpc) is 3.09. The summed E-state index contributed by atoms with van der Waals surface area (Å²) in [5.41, 5.74) is 3.78. The maximum atomic E-state index is 12.0. The Morgan fingerprint density at radius 2 is 2.29 bits per heavy atom. The smallest absolute Gasteiger partial charge is 0.252 e. The van der Waals surface area contributed by atoms with Crippen molar-refractivity contribution in [3.8, 4) is 0 Å². The molecule has 21 heavy (non-hydrogen) atoms. The van der Waals surface area contributed by atoms with Crippen molar-refractivity contribution < 1.29 is 4.79 Å². The molecule has 3 rings (SSSR count). The van der Waals surface area contributed by atoms with E-state index in [9.17, 15) is 4.79 Å². The van der Waals surface area contributed by atoms with Crippen LogP contribution in [0.2, 0.25) is 0 Å². The van der Waals surface area contributed by atoms with E-state index >= 15 is 0 Å². The van der Waals surface area contributed by atoms with Crippen LogP contribution in [0.5, 0.6) is 0 Å². The first kappa shape index (κ1) is 13.7. The number of anilines is 1. The minimum atomic E-state index is 0.00545. The number of rotatable bonds is 4. The normalized spacial score (nSPS) is 11.0. The van der Waals surface area contributed by atoms with Gasteiger partial charge in [-0.15, -0.1) is 0 Å². The number of nitrogens with zero attached hydrogens (tertiary/aromatic N) is 4. The summed E-state index contributed by atoms with van der Waals surface area (Å²) in [6.45, 7) is 3.91. The average molecular weight is 301 g/mol. The first-order chi connectivity index (χ1) is 10.1. The van der Waals surface area contributed by atoms with E-state index in [0.717, 1.165) is 22.6 Å². The first-order valence-electron chi connectivity index (χ1n) is 6.63. The summed E-state index contributed by atoms with van der Waals surface area (Å²) in [5.74, 6) is 0.599. The number of thiophene rings is 1. The third-order valence-corrected chi connectivity index (χ3v) is 4.08. The molecule has 3 aromatic rings. The van der Waals surface area contributed by atoms with Crippen LogP contribution < -0.4 is 5.32 Å². The van der Waals surface area contributed by atoms with E-state index in [2.05, 4.69) is 20.4 Å². The Bertz CT molecular complexity index is 778. The Hall–Kier alpha value is -2.28. The zero-order chi connectivity index (χ0) is 14.8. The number of carbonyl (C=O) groups excluding carboxylic acids is 1. The number of carbonyl (C=O) groups is 1. The van der Waals surface area contributed by atoms with Crippen LogP contribution >= 0.6 is 11.3 Å². The number of aromatic nitrogens is 4. The van der Waals surface area contributed by atoms with Gasteiger partial charge in [-0.3, -0.25) is 4.79 Å². The second-order valence-electron chi connectivity index (χ2n) is 4.79. The van der Waals surface area contributed by atoms with Gasteiger partial charge < -0.3 is 5.32 Å². The largest absolute Gasteiger partial charge is 0.325 e. The summed E-state index contributed by atoms with van der Waals surface area (Å²) in [5, 5.41) is 10.9. The monoisotopic (exact) mass is 301 g/mol. The molecule has 0 bridgehead atoms. The number of nitrogens with one attached hydrogen (secondary N) is 1. The first-order valence-corrected chi connectivity index (χ1v) is 7.57. The summed E-state index contributed by atoms with van der Waals surface area (Å²) in [6, 6.07) is 1.89. The highest BCUT2D eigenvalue weighted by Crippen LogP contribution is 2.16. The maximum absolute atomic E-state index is 12.0. The Balaban J connectivity index is 1.74. The fourth-order valence-electron chi connectivity index (χ4n) is 2.31. The highest BCUT2D eigenvalue weighted by atomic mass is 32.1. The molecule has 7 heteroatoms. The lowest BCUT2D eigenvalue weighted by atomic mass is 10.1. The van der Waals surface area contributed by atoms with Crippen molar-refractivity contribution >= 4 is 28.7 Å². The van der Waals surface area contributed by atoms with Gasteiger partial charge in [-0.25, -0.2) is 9.50 Å². The molecule has 0 aliphatic carbocycles. The third-order valence-electron chi connectivity index (χ3n) is 3.40. The predicted octanol–water partition coefficient (Wildman–Crippen LogP) is 2.37. The van der Waals surface area contributed by atoms with Gasteiger partial charge in [-0.05, 0) is 37.3 Å². The van der Waals surface area contributed by atoms with Gasteiger partial charge in [-0.1, -0.05) is 0 Å². The standard InChI is InChI=1S/C14H15N5OS/c1-9-12(10(2)19-14(17-9)15-8-16-19)3-4-13(20)18-11-5-6-21-7-11/h5-8H,3-4H2,1-2H3,(H,18,20). The van der Waals surface area contributed by atoms with E-state index in [1.54, 1.807) is 15.9 Å². The number of hydrogen-bond acceptors (Lipinski definition) is 5. The summed E-state index contributed by atoms with van der Waals surface area (Å²) in [4.78, 5) is 20.5. The lowest BCUT2D eigenvalue weighted by molar-refractivity contribution is -0.116. The highest BCUT2D eigenvalue weighted by Gasteiger charge is 2.12. The molecule has 0 saturated carbocycles. The molecule has 0 aliphatic heterocycles. The van der Waals surface area contributed by atoms with E-state index in [4.69, 9.17) is 0 Å². The van der Waals surface area contributed by atoms with Crippen LogP contribution in [0.4, 0.5) is 5.69 Å². The van der Waals surface area contributed by atoms with Crippen LogP contribution in [0, 0.1) is 13.8 Å². The van der Waals surface area contributed by atoms with E-state index in [-0.39, 0.29) is 5.91 Å². The summed E-state index contributed by atoms with van der Waals surface area (Å²) in [7, 11) is 0. The van der Waals surface area contributed by atoms with Gasteiger partial charge in [0.05, 0.1) is 5.69 Å². The van der Waals surface area contributed by atoms with Crippen molar-refractivity contribution in [3.63, 3.8) is 0 Å². The predicted molar refractivity (Wildman–Crippen MR) is 81.5 cm³/mol. The molecule has 6 nitrogen and oxygen atoms in total. The molecule has 1 N–H and O–H groups in total. The summed E-state index contributed by atoms with van der Waals surface area (Å²) >= 11 is 1.56. The molecular weight excluding hydrogens is 286 g/mol. The molecule has 0 atom stereocenters. The van der Waals surface area contributed by atoms with E-state index < -0.39 is 0 Å². The fraction of sp³-hybridized carbons (Fsp3) is 0.286. The van der Waals surface area contributed by atoms with Crippen LogP contribution in [0.25, 0.3) is 5.78 Å². The van der Waals surface area contributed by atoms with Gasteiger partial charge in [0.15, 0.2) is 0 Å². The van der Waals surface area contributed by atoms with E-state index in [1.165, 1.54) is 6.33 Å². The summed E-state index contributed by atoms with van der Waals surface area (Å²) < 4.78 is 1.71. The van der Waals surface area contributed by atoms with Gasteiger partial charge in [0.1, 0.15) is 6.33 Å². The number of hydrogen-bond donors (Lipinski definition) is 1. The molecule has 0 saturated heterocycles. The number of fused-ring (bicyclic) bond motifs is 1. The van der Waals surface area contributed by atoms with Crippen LogP contribution in [-0.2, 0) is 11.2 Å². The minimum absolute atomic E-state index is 0.00545. The lowest BCUT2D eigenvalue weighted by Gasteiger charge is -2.10. The van der Waals surface area contributed by atoms with Crippen LogP contribution in [0.15, 0.2) is 23.2 Å². The van der Waals surface area contributed by atoms with Crippen molar-refractivity contribution in [2.45, 2.75) is 26.7 Å². The van der Waals surface area contributed by atoms with Gasteiger partial charge in [0, 0.05) is 23.2 Å². The maximum Gasteiger partial charge on any atom is 0.252 e. The molecule has 0 radical (unpaired) electrons. The fourth-order valence-corrected chi connectivity index (χ4v) is 2.90. The number of aryl methyl sites for hydroxylation is 2. The van der Waals surface area contributed by atoms with Gasteiger partial charge in [-0.2, -0.15) is 21.4 Å². The molecule has 0 aliphatic rings. The van der Waals surface area contributed by atoms with Crippen LogP contribution in [-0.4, -0.2) is 25.5 Å².